The number of aromatic nitrogens is 5. The van der Waals surface area contributed by atoms with Crippen LogP contribution in [0.2, 0.25) is 0 Å². The van der Waals surface area contributed by atoms with Gasteiger partial charge < -0.3 is 19.7 Å². The van der Waals surface area contributed by atoms with Crippen LogP contribution in [0.25, 0.3) is 11.2 Å². The maximum atomic E-state index is 5.37. The number of piperidine rings is 1. The van der Waals surface area contributed by atoms with Crippen LogP contribution in [0.4, 0.5) is 17.2 Å². The molecule has 9 nitrogen and oxygen atoms in total. The molecule has 2 aromatic heterocycles. The third-order valence-electron chi connectivity index (χ3n) is 6.17. The molecule has 1 aliphatic heterocycles. The Bertz CT molecular complexity index is 1230. The number of hydrogen-bond donors (Lipinski definition) is 1. The summed E-state index contributed by atoms with van der Waals surface area (Å²) in [5.41, 5.74) is 4.64. The first-order chi connectivity index (χ1) is 16.7. The van der Waals surface area contributed by atoms with Crippen LogP contribution in [0.15, 0.2) is 48.8 Å². The summed E-state index contributed by atoms with van der Waals surface area (Å²) in [6.45, 7) is 2.88. The number of rotatable bonds is 8. The van der Waals surface area contributed by atoms with Crippen molar-refractivity contribution in [1.29, 1.82) is 0 Å². The second kappa shape index (κ2) is 9.94. The van der Waals surface area contributed by atoms with E-state index in [4.69, 9.17) is 9.47 Å². The third kappa shape index (κ3) is 4.73. The van der Waals surface area contributed by atoms with Gasteiger partial charge in [-0.2, -0.15) is 0 Å². The monoisotopic (exact) mass is 459 g/mol. The lowest BCUT2D eigenvalue weighted by Gasteiger charge is -2.28. The van der Waals surface area contributed by atoms with Crippen molar-refractivity contribution in [1.82, 2.24) is 25.0 Å². The summed E-state index contributed by atoms with van der Waals surface area (Å²) in [7, 11) is 3.30. The summed E-state index contributed by atoms with van der Waals surface area (Å²) in [5.74, 6) is 2.17. The molecule has 0 atom stereocenters. The molecule has 5 rings (SSSR count). The van der Waals surface area contributed by atoms with Crippen molar-refractivity contribution in [3.05, 3.63) is 54.4 Å². The van der Waals surface area contributed by atoms with E-state index in [1.165, 1.54) is 24.9 Å². The Kier molecular flexibility index (Phi) is 6.42. The topological polar surface area (TPSA) is 90.2 Å². The van der Waals surface area contributed by atoms with E-state index < -0.39 is 0 Å². The van der Waals surface area contributed by atoms with Crippen LogP contribution in [-0.4, -0.2) is 52.3 Å². The van der Waals surface area contributed by atoms with Gasteiger partial charge in [-0.3, -0.25) is 0 Å². The van der Waals surface area contributed by atoms with Gasteiger partial charge in [0.15, 0.2) is 17.0 Å². The first kappa shape index (κ1) is 21.9. The minimum Gasteiger partial charge on any atom is -0.497 e. The van der Waals surface area contributed by atoms with Crippen molar-refractivity contribution in [3.8, 4) is 11.5 Å². The van der Waals surface area contributed by atoms with E-state index in [1.54, 1.807) is 25.2 Å². The summed E-state index contributed by atoms with van der Waals surface area (Å²) >= 11 is 0. The molecule has 0 unspecified atom stereocenters. The Labute approximate surface area is 198 Å². The van der Waals surface area contributed by atoms with E-state index in [-0.39, 0.29) is 0 Å². The first-order valence-electron chi connectivity index (χ1n) is 11.6. The molecule has 2 aromatic carbocycles. The Morgan fingerprint density at radius 2 is 1.65 bits per heavy atom. The maximum Gasteiger partial charge on any atom is 0.183 e. The fraction of sp³-hybridized carbons (Fsp3) is 0.360. The normalized spacial score (nSPS) is 13.8. The van der Waals surface area contributed by atoms with Gasteiger partial charge in [-0.1, -0.05) is 5.21 Å². The number of hydrogen-bond acceptors (Lipinski definition) is 8. The highest BCUT2D eigenvalue weighted by Crippen LogP contribution is 2.26. The maximum absolute atomic E-state index is 5.37. The van der Waals surface area contributed by atoms with E-state index >= 15 is 0 Å². The van der Waals surface area contributed by atoms with E-state index in [9.17, 15) is 0 Å². The lowest BCUT2D eigenvalue weighted by atomic mass is 10.1. The highest BCUT2D eigenvalue weighted by atomic mass is 16.5. The highest BCUT2D eigenvalue weighted by molar-refractivity contribution is 5.84. The average molecular weight is 460 g/mol. The van der Waals surface area contributed by atoms with E-state index in [2.05, 4.69) is 54.8 Å². The summed E-state index contributed by atoms with van der Waals surface area (Å²) in [5, 5.41) is 12.1. The Morgan fingerprint density at radius 1 is 0.912 bits per heavy atom. The largest absolute Gasteiger partial charge is 0.497 e. The summed E-state index contributed by atoms with van der Waals surface area (Å²) in [6, 6.07) is 14.3. The molecule has 176 valence electrons. The van der Waals surface area contributed by atoms with Gasteiger partial charge in [0.1, 0.15) is 17.8 Å². The Morgan fingerprint density at radius 3 is 2.35 bits per heavy atom. The van der Waals surface area contributed by atoms with Crippen LogP contribution in [0.5, 0.6) is 11.5 Å². The van der Waals surface area contributed by atoms with Gasteiger partial charge in [-0.25, -0.2) is 14.6 Å². The second-order valence-corrected chi connectivity index (χ2v) is 8.40. The molecule has 1 N–H and O–H groups in total. The average Bonchev–Trinajstić information content (AvgIpc) is 3.32. The molecule has 0 amide bonds. The molecule has 0 saturated carbocycles. The van der Waals surface area contributed by atoms with Crippen LogP contribution in [-0.2, 0) is 13.0 Å². The predicted molar refractivity (Wildman–Crippen MR) is 132 cm³/mol. The summed E-state index contributed by atoms with van der Waals surface area (Å²) in [6.07, 6.45) is 6.13. The van der Waals surface area contributed by atoms with Crippen LogP contribution < -0.4 is 19.7 Å². The van der Waals surface area contributed by atoms with E-state index in [0.29, 0.717) is 23.5 Å². The zero-order chi connectivity index (χ0) is 23.3. The molecular formula is C25H29N7O2. The van der Waals surface area contributed by atoms with Crippen molar-refractivity contribution in [2.75, 3.05) is 37.5 Å². The van der Waals surface area contributed by atoms with Gasteiger partial charge in [0.05, 0.1) is 14.2 Å². The number of anilines is 3. The van der Waals surface area contributed by atoms with Gasteiger partial charge >= 0.3 is 0 Å². The van der Waals surface area contributed by atoms with E-state index in [1.807, 2.05) is 18.2 Å². The lowest BCUT2D eigenvalue weighted by Crippen LogP contribution is -2.29. The third-order valence-corrected chi connectivity index (χ3v) is 6.17. The fourth-order valence-corrected chi connectivity index (χ4v) is 4.32. The number of fused-ring (bicyclic) bond motifs is 1. The van der Waals surface area contributed by atoms with Crippen molar-refractivity contribution >= 4 is 28.4 Å². The molecule has 34 heavy (non-hydrogen) atoms. The number of aryl methyl sites for hydroxylation is 2. The van der Waals surface area contributed by atoms with Crippen molar-refractivity contribution in [2.24, 2.45) is 0 Å². The molecule has 9 heteroatoms. The molecule has 0 spiro atoms. The van der Waals surface area contributed by atoms with Gasteiger partial charge in [0.2, 0.25) is 0 Å². The first-order valence-corrected chi connectivity index (χ1v) is 11.6. The van der Waals surface area contributed by atoms with E-state index in [0.717, 1.165) is 42.3 Å². The molecule has 0 bridgehead atoms. The fourth-order valence-electron chi connectivity index (χ4n) is 4.32. The number of methoxy groups -OCH3 is 2. The van der Waals surface area contributed by atoms with Crippen LogP contribution >= 0.6 is 0 Å². The second-order valence-electron chi connectivity index (χ2n) is 8.40. The van der Waals surface area contributed by atoms with Gasteiger partial charge in [-0.15, -0.1) is 5.10 Å². The van der Waals surface area contributed by atoms with Crippen LogP contribution in [0.1, 0.15) is 24.8 Å². The summed E-state index contributed by atoms with van der Waals surface area (Å²) < 4.78 is 12.5. The Balaban J connectivity index is 1.31. The molecule has 0 radical (unpaired) electrons. The van der Waals surface area contributed by atoms with Crippen molar-refractivity contribution in [3.63, 3.8) is 0 Å². The highest BCUT2D eigenvalue weighted by Gasteiger charge is 2.14. The number of benzene rings is 2. The van der Waals surface area contributed by atoms with Crippen molar-refractivity contribution < 1.29 is 9.47 Å². The van der Waals surface area contributed by atoms with Gasteiger partial charge in [0, 0.05) is 37.1 Å². The predicted octanol–water partition coefficient (Wildman–Crippen LogP) is 4.22. The van der Waals surface area contributed by atoms with Crippen molar-refractivity contribution in [2.45, 2.75) is 32.2 Å². The van der Waals surface area contributed by atoms with Gasteiger partial charge in [-0.05, 0) is 67.6 Å². The summed E-state index contributed by atoms with van der Waals surface area (Å²) in [4.78, 5) is 11.3. The van der Waals surface area contributed by atoms with Crippen LogP contribution in [0, 0.1) is 0 Å². The number of nitrogens with one attached hydrogen (secondary N) is 1. The van der Waals surface area contributed by atoms with Crippen LogP contribution in [0.3, 0.4) is 0 Å². The molecule has 1 aliphatic rings. The molecule has 1 saturated heterocycles. The molecule has 4 aromatic rings. The minimum absolute atomic E-state index is 0.619. The molecular weight excluding hydrogens is 430 g/mol. The lowest BCUT2D eigenvalue weighted by molar-refractivity contribution is 0.393. The zero-order valence-corrected chi connectivity index (χ0v) is 19.6. The number of ether oxygens (including phenoxy) is 2. The minimum atomic E-state index is 0.619. The van der Waals surface area contributed by atoms with Gasteiger partial charge in [0.25, 0.3) is 0 Å². The molecule has 1 fully saturated rings. The number of nitrogens with zero attached hydrogens (tertiary/aromatic N) is 6. The standard InChI is InChI=1S/C25H29N7O2/c1-33-21-14-18(15-22(16-21)34-2)10-13-32-25-23(29-30-32)24(26-17-27-25)28-19-6-8-20(9-7-19)31-11-4-3-5-12-31/h6-9,14-17H,3-5,10-13H2,1-2H3,(H,26,27,28). The quantitative estimate of drug-likeness (QED) is 0.419. The zero-order valence-electron chi connectivity index (χ0n) is 19.6. The SMILES string of the molecule is COc1cc(CCn2nnc3c(Nc4ccc(N5CCCCC5)cc4)ncnc32)cc(OC)c1. The Hall–Kier alpha value is -3.88. The molecule has 0 aliphatic carbocycles. The molecule has 3 heterocycles. The smallest absolute Gasteiger partial charge is 0.183 e.